The molecule has 96 valence electrons. The van der Waals surface area contributed by atoms with Gasteiger partial charge < -0.3 is 5.32 Å². The van der Waals surface area contributed by atoms with Crippen molar-refractivity contribution >= 4 is 27.8 Å². The number of aromatic nitrogens is 1. The minimum Gasteiger partial charge on any atom is -0.351 e. The van der Waals surface area contributed by atoms with Gasteiger partial charge in [0.25, 0.3) is 5.91 Å². The van der Waals surface area contributed by atoms with Gasteiger partial charge >= 0.3 is 0 Å². The van der Waals surface area contributed by atoms with Gasteiger partial charge in [-0.3, -0.25) is 15.1 Å². The molecule has 0 bridgehead atoms. The number of amides is 1. The monoisotopic (exact) mass is 310 g/mol. The molecule has 0 aromatic carbocycles. The number of aliphatic imine (C=N–C) groups is 1. The molecular weight excluding hydrogens is 296 g/mol. The Morgan fingerprint density at radius 2 is 2.11 bits per heavy atom. The molecule has 1 aliphatic heterocycles. The van der Waals surface area contributed by atoms with Crippen molar-refractivity contribution in [3.63, 3.8) is 0 Å². The fourth-order valence-electron chi connectivity index (χ4n) is 1.57. The summed E-state index contributed by atoms with van der Waals surface area (Å²) in [7, 11) is 0. The van der Waals surface area contributed by atoms with Crippen LogP contribution in [-0.2, 0) is 4.79 Å². The zero-order valence-electron chi connectivity index (χ0n) is 10.5. The van der Waals surface area contributed by atoms with Gasteiger partial charge in [0.15, 0.2) is 12.0 Å². The van der Waals surface area contributed by atoms with Crippen molar-refractivity contribution in [1.82, 2.24) is 15.6 Å². The number of carbonyl (C=O) groups excluding carboxylic acids is 1. The van der Waals surface area contributed by atoms with Crippen LogP contribution in [0.25, 0.3) is 0 Å². The standard InChI is InChI=1S/C12H15BrN4O/c1-12(2,3)17-11-15-9(10(18)16-11)8-5-4-7(13)6-14-8/h4-6,9H,1-3H3,(H2,15,16,17,18). The molecule has 2 rings (SSSR count). The van der Waals surface area contributed by atoms with Gasteiger partial charge in [0.2, 0.25) is 0 Å². The molecule has 1 unspecified atom stereocenters. The van der Waals surface area contributed by atoms with Crippen LogP contribution < -0.4 is 10.6 Å². The molecule has 6 heteroatoms. The number of rotatable bonds is 1. The Kier molecular flexibility index (Phi) is 3.38. The maximum atomic E-state index is 11.8. The van der Waals surface area contributed by atoms with Gasteiger partial charge in [-0.1, -0.05) is 0 Å². The van der Waals surface area contributed by atoms with Crippen LogP contribution in [0.1, 0.15) is 32.5 Å². The number of halogens is 1. The van der Waals surface area contributed by atoms with Crippen LogP contribution in [0, 0.1) is 0 Å². The highest BCUT2D eigenvalue weighted by atomic mass is 79.9. The first-order valence-electron chi connectivity index (χ1n) is 5.63. The number of hydrogen-bond acceptors (Lipinski definition) is 4. The molecule has 0 radical (unpaired) electrons. The summed E-state index contributed by atoms with van der Waals surface area (Å²) >= 11 is 3.31. The minimum absolute atomic E-state index is 0.145. The van der Waals surface area contributed by atoms with E-state index in [0.29, 0.717) is 11.7 Å². The highest BCUT2D eigenvalue weighted by Crippen LogP contribution is 2.20. The Labute approximate surface area is 114 Å². The van der Waals surface area contributed by atoms with Gasteiger partial charge in [0, 0.05) is 16.2 Å². The number of carbonyl (C=O) groups is 1. The third kappa shape index (κ3) is 3.07. The summed E-state index contributed by atoms with van der Waals surface area (Å²) in [5.74, 6) is 0.346. The molecule has 0 spiro atoms. The molecule has 0 fully saturated rings. The lowest BCUT2D eigenvalue weighted by molar-refractivity contribution is -0.120. The van der Waals surface area contributed by atoms with Crippen LogP contribution in [-0.4, -0.2) is 22.4 Å². The normalized spacial score (nSPS) is 19.4. The molecule has 0 saturated heterocycles. The van der Waals surface area contributed by atoms with E-state index in [9.17, 15) is 4.79 Å². The quantitative estimate of drug-likeness (QED) is 0.830. The van der Waals surface area contributed by atoms with E-state index in [2.05, 4.69) is 36.5 Å². The summed E-state index contributed by atoms with van der Waals surface area (Å²) < 4.78 is 0.877. The average molecular weight is 311 g/mol. The van der Waals surface area contributed by atoms with E-state index >= 15 is 0 Å². The predicted molar refractivity (Wildman–Crippen MR) is 73.1 cm³/mol. The number of guanidine groups is 1. The summed E-state index contributed by atoms with van der Waals surface area (Å²) in [6.45, 7) is 6.02. The van der Waals surface area contributed by atoms with Crippen LogP contribution >= 0.6 is 15.9 Å². The number of nitrogens with one attached hydrogen (secondary N) is 2. The maximum Gasteiger partial charge on any atom is 0.257 e. The lowest BCUT2D eigenvalue weighted by Crippen LogP contribution is -2.46. The third-order valence-electron chi connectivity index (χ3n) is 2.27. The summed E-state index contributed by atoms with van der Waals surface area (Å²) in [6.07, 6.45) is 1.66. The fourth-order valence-corrected chi connectivity index (χ4v) is 1.81. The average Bonchev–Trinajstić information content (AvgIpc) is 2.58. The van der Waals surface area contributed by atoms with Crippen LogP contribution in [0.4, 0.5) is 0 Å². The van der Waals surface area contributed by atoms with Gasteiger partial charge in [-0.2, -0.15) is 0 Å². The van der Waals surface area contributed by atoms with Crippen molar-refractivity contribution in [3.8, 4) is 0 Å². The molecule has 18 heavy (non-hydrogen) atoms. The minimum atomic E-state index is -0.567. The van der Waals surface area contributed by atoms with Crippen molar-refractivity contribution in [3.05, 3.63) is 28.5 Å². The molecule has 5 nitrogen and oxygen atoms in total. The van der Waals surface area contributed by atoms with Gasteiger partial charge in [0.05, 0.1) is 5.69 Å². The Morgan fingerprint density at radius 1 is 1.39 bits per heavy atom. The Morgan fingerprint density at radius 3 is 2.67 bits per heavy atom. The first-order chi connectivity index (χ1) is 8.35. The number of pyridine rings is 1. The zero-order valence-corrected chi connectivity index (χ0v) is 12.1. The van der Waals surface area contributed by atoms with Crippen molar-refractivity contribution in [1.29, 1.82) is 0 Å². The summed E-state index contributed by atoms with van der Waals surface area (Å²) in [5.41, 5.74) is 0.495. The SMILES string of the molecule is CC(C)(C)NC1=NC(c2ccc(Br)cn2)C(=O)N1. The van der Waals surface area contributed by atoms with Gasteiger partial charge in [-0.15, -0.1) is 0 Å². The van der Waals surface area contributed by atoms with E-state index in [1.165, 1.54) is 0 Å². The molecule has 1 aliphatic rings. The van der Waals surface area contributed by atoms with Crippen LogP contribution in [0.2, 0.25) is 0 Å². The topological polar surface area (TPSA) is 66.4 Å². The number of hydrogen-bond donors (Lipinski definition) is 2. The zero-order chi connectivity index (χ0) is 13.3. The van der Waals surface area contributed by atoms with Gasteiger partial charge in [-0.05, 0) is 48.8 Å². The second-order valence-corrected chi connectivity index (χ2v) is 6.06. The van der Waals surface area contributed by atoms with Crippen molar-refractivity contribution in [2.75, 3.05) is 0 Å². The summed E-state index contributed by atoms with van der Waals surface area (Å²) in [4.78, 5) is 20.4. The lowest BCUT2D eigenvalue weighted by atomic mass is 10.1. The summed E-state index contributed by atoms with van der Waals surface area (Å²) in [6, 6.07) is 3.07. The first kappa shape index (κ1) is 13.0. The van der Waals surface area contributed by atoms with E-state index in [4.69, 9.17) is 0 Å². The molecule has 2 N–H and O–H groups in total. The molecule has 0 aliphatic carbocycles. The maximum absolute atomic E-state index is 11.8. The van der Waals surface area contributed by atoms with Crippen molar-refractivity contribution in [2.45, 2.75) is 32.4 Å². The smallest absolute Gasteiger partial charge is 0.257 e. The Balaban J connectivity index is 2.19. The Bertz CT molecular complexity index is 490. The molecule has 1 amide bonds. The number of nitrogens with zero attached hydrogens (tertiary/aromatic N) is 2. The van der Waals surface area contributed by atoms with E-state index in [-0.39, 0.29) is 11.4 Å². The fraction of sp³-hybridized carbons (Fsp3) is 0.417. The van der Waals surface area contributed by atoms with E-state index < -0.39 is 6.04 Å². The van der Waals surface area contributed by atoms with Gasteiger partial charge in [-0.25, -0.2) is 4.99 Å². The highest BCUT2D eigenvalue weighted by molar-refractivity contribution is 9.10. The molecular formula is C12H15BrN4O. The van der Waals surface area contributed by atoms with Crippen LogP contribution in [0.3, 0.4) is 0 Å². The van der Waals surface area contributed by atoms with E-state index in [1.54, 1.807) is 12.3 Å². The predicted octanol–water partition coefficient (Wildman–Crippen LogP) is 1.76. The Hall–Kier alpha value is -1.43. The van der Waals surface area contributed by atoms with Crippen LogP contribution in [0.15, 0.2) is 27.8 Å². The summed E-state index contributed by atoms with van der Waals surface area (Å²) in [5, 5.41) is 5.86. The molecule has 2 heterocycles. The molecule has 1 aromatic heterocycles. The highest BCUT2D eigenvalue weighted by Gasteiger charge is 2.30. The molecule has 1 aromatic rings. The van der Waals surface area contributed by atoms with Crippen molar-refractivity contribution < 1.29 is 4.79 Å². The third-order valence-corrected chi connectivity index (χ3v) is 2.74. The largest absolute Gasteiger partial charge is 0.351 e. The van der Waals surface area contributed by atoms with Crippen molar-refractivity contribution in [2.24, 2.45) is 4.99 Å². The van der Waals surface area contributed by atoms with E-state index in [0.717, 1.165) is 4.47 Å². The molecule has 0 saturated carbocycles. The lowest BCUT2D eigenvalue weighted by Gasteiger charge is -2.21. The second-order valence-electron chi connectivity index (χ2n) is 5.15. The van der Waals surface area contributed by atoms with Gasteiger partial charge in [0.1, 0.15) is 0 Å². The van der Waals surface area contributed by atoms with E-state index in [1.807, 2.05) is 26.8 Å². The van der Waals surface area contributed by atoms with Crippen LogP contribution in [0.5, 0.6) is 0 Å². The molecule has 1 atom stereocenters. The second kappa shape index (κ2) is 4.68. The first-order valence-corrected chi connectivity index (χ1v) is 6.43.